The Balaban J connectivity index is 2.89. The largest absolute Gasteiger partial charge is 0.398 e. The smallest absolute Gasteiger partial charge is 0.255 e. The molecule has 2 N–H and O–H groups in total. The summed E-state index contributed by atoms with van der Waals surface area (Å²) in [4.78, 5) is 14.6. The monoisotopic (exact) mass is 310 g/mol. The molecule has 0 bridgehead atoms. The number of benzene rings is 1. The van der Waals surface area contributed by atoms with Crippen molar-refractivity contribution in [1.82, 2.24) is 4.90 Å². The highest BCUT2D eigenvalue weighted by atomic mass is 35.5. The molecule has 4 heteroatoms. The summed E-state index contributed by atoms with van der Waals surface area (Å²) in [7, 11) is 0. The predicted molar refractivity (Wildman–Crippen MR) is 90.7 cm³/mol. The molecule has 0 saturated heterocycles. The van der Waals surface area contributed by atoms with Crippen molar-refractivity contribution in [2.75, 3.05) is 18.8 Å². The lowest BCUT2D eigenvalue weighted by atomic mass is 10.1. The fraction of sp³-hybridized carbons (Fsp3) is 0.588. The van der Waals surface area contributed by atoms with E-state index in [4.69, 9.17) is 17.3 Å². The topological polar surface area (TPSA) is 46.3 Å². The van der Waals surface area contributed by atoms with Gasteiger partial charge in [-0.05, 0) is 42.9 Å². The Morgan fingerprint density at radius 3 is 2.14 bits per heavy atom. The highest BCUT2D eigenvalue weighted by Gasteiger charge is 2.19. The van der Waals surface area contributed by atoms with Crippen LogP contribution in [0.2, 0.25) is 5.02 Å². The highest BCUT2D eigenvalue weighted by molar-refractivity contribution is 6.31. The summed E-state index contributed by atoms with van der Waals surface area (Å²) in [5.41, 5.74) is 6.93. The Hall–Kier alpha value is -1.22. The van der Waals surface area contributed by atoms with E-state index in [1.165, 1.54) is 0 Å². The minimum atomic E-state index is -0.0173. The summed E-state index contributed by atoms with van der Waals surface area (Å²) < 4.78 is 0. The van der Waals surface area contributed by atoms with E-state index >= 15 is 0 Å². The number of anilines is 1. The van der Waals surface area contributed by atoms with Crippen molar-refractivity contribution in [3.05, 3.63) is 28.8 Å². The van der Waals surface area contributed by atoms with Crippen molar-refractivity contribution in [3.63, 3.8) is 0 Å². The predicted octanol–water partition coefficient (Wildman–Crippen LogP) is 4.46. The van der Waals surface area contributed by atoms with Crippen LogP contribution in [0.25, 0.3) is 0 Å². The number of hydrogen-bond acceptors (Lipinski definition) is 2. The maximum Gasteiger partial charge on any atom is 0.255 e. The SMILES string of the molecule is CC(C)CCN(CCC(C)C)C(=O)c1cc(Cl)ccc1N. The van der Waals surface area contributed by atoms with Crippen molar-refractivity contribution in [2.45, 2.75) is 40.5 Å². The van der Waals surface area contributed by atoms with Gasteiger partial charge in [-0.3, -0.25) is 4.79 Å². The summed E-state index contributed by atoms with van der Waals surface area (Å²) in [5, 5.41) is 0.542. The van der Waals surface area contributed by atoms with E-state index in [0.717, 1.165) is 25.9 Å². The molecule has 0 saturated carbocycles. The molecule has 0 atom stereocenters. The van der Waals surface area contributed by atoms with E-state index in [9.17, 15) is 4.79 Å². The molecular formula is C17H27ClN2O. The molecule has 1 amide bonds. The van der Waals surface area contributed by atoms with Crippen molar-refractivity contribution in [1.29, 1.82) is 0 Å². The molecule has 3 nitrogen and oxygen atoms in total. The minimum absolute atomic E-state index is 0.0173. The molecule has 0 unspecified atom stereocenters. The zero-order valence-electron chi connectivity index (χ0n) is 13.5. The Labute approximate surface area is 133 Å². The van der Waals surface area contributed by atoms with E-state index in [2.05, 4.69) is 27.7 Å². The van der Waals surface area contributed by atoms with Gasteiger partial charge in [0.05, 0.1) is 5.56 Å². The maximum atomic E-state index is 12.7. The lowest BCUT2D eigenvalue weighted by Gasteiger charge is -2.25. The van der Waals surface area contributed by atoms with Gasteiger partial charge in [0.15, 0.2) is 0 Å². The molecule has 0 aliphatic rings. The van der Waals surface area contributed by atoms with Crippen molar-refractivity contribution in [2.24, 2.45) is 11.8 Å². The number of nitrogens with two attached hydrogens (primary N) is 1. The van der Waals surface area contributed by atoms with Crippen LogP contribution in [0, 0.1) is 11.8 Å². The zero-order valence-corrected chi connectivity index (χ0v) is 14.3. The fourth-order valence-corrected chi connectivity index (χ4v) is 2.20. The van der Waals surface area contributed by atoms with Crippen LogP contribution in [-0.4, -0.2) is 23.9 Å². The van der Waals surface area contributed by atoms with E-state index < -0.39 is 0 Å². The molecule has 1 rings (SSSR count). The van der Waals surface area contributed by atoms with Crippen LogP contribution in [0.1, 0.15) is 50.9 Å². The van der Waals surface area contributed by atoms with Crippen LogP contribution >= 0.6 is 11.6 Å². The molecule has 1 aromatic carbocycles. The number of carbonyl (C=O) groups excluding carboxylic acids is 1. The van der Waals surface area contributed by atoms with Gasteiger partial charge >= 0.3 is 0 Å². The van der Waals surface area contributed by atoms with Gasteiger partial charge in [0.25, 0.3) is 5.91 Å². The maximum absolute atomic E-state index is 12.7. The van der Waals surface area contributed by atoms with Gasteiger partial charge < -0.3 is 10.6 Å². The average molecular weight is 311 g/mol. The number of amides is 1. The van der Waals surface area contributed by atoms with Crippen LogP contribution in [-0.2, 0) is 0 Å². The zero-order chi connectivity index (χ0) is 16.0. The normalized spacial score (nSPS) is 11.2. The quantitative estimate of drug-likeness (QED) is 0.756. The van der Waals surface area contributed by atoms with Gasteiger partial charge in [0.1, 0.15) is 0 Å². The third-order valence-corrected chi connectivity index (χ3v) is 3.72. The van der Waals surface area contributed by atoms with E-state index in [1.54, 1.807) is 18.2 Å². The van der Waals surface area contributed by atoms with Crippen LogP contribution < -0.4 is 5.73 Å². The number of nitrogen functional groups attached to an aromatic ring is 1. The number of nitrogens with zero attached hydrogens (tertiary/aromatic N) is 1. The second-order valence-electron chi connectivity index (χ2n) is 6.39. The molecule has 0 spiro atoms. The molecule has 0 aliphatic carbocycles. The minimum Gasteiger partial charge on any atom is -0.398 e. The first kappa shape index (κ1) is 17.8. The lowest BCUT2D eigenvalue weighted by Crippen LogP contribution is -2.34. The van der Waals surface area contributed by atoms with Crippen molar-refractivity contribution in [3.8, 4) is 0 Å². The third kappa shape index (κ3) is 5.96. The Kier molecular flexibility index (Phi) is 7.03. The summed E-state index contributed by atoms with van der Waals surface area (Å²) >= 11 is 5.99. The van der Waals surface area contributed by atoms with E-state index in [-0.39, 0.29) is 5.91 Å². The van der Waals surface area contributed by atoms with Crippen LogP contribution in [0.5, 0.6) is 0 Å². The standard InChI is InChI=1S/C17H27ClN2O/c1-12(2)7-9-20(10-8-13(3)4)17(21)15-11-14(18)5-6-16(15)19/h5-6,11-13H,7-10,19H2,1-4H3. The molecule has 1 aromatic rings. The molecular weight excluding hydrogens is 284 g/mol. The van der Waals surface area contributed by atoms with Crippen molar-refractivity contribution < 1.29 is 4.79 Å². The molecule has 118 valence electrons. The Morgan fingerprint density at radius 1 is 1.14 bits per heavy atom. The molecule has 0 radical (unpaired) electrons. The molecule has 0 fully saturated rings. The van der Waals surface area contributed by atoms with Gasteiger partial charge in [-0.1, -0.05) is 39.3 Å². The molecule has 0 heterocycles. The van der Waals surface area contributed by atoms with Crippen LogP contribution in [0.3, 0.4) is 0 Å². The number of hydrogen-bond donors (Lipinski definition) is 1. The van der Waals surface area contributed by atoms with E-state index in [1.807, 2.05) is 4.90 Å². The summed E-state index contributed by atoms with van der Waals surface area (Å²) in [6.45, 7) is 10.2. The summed E-state index contributed by atoms with van der Waals surface area (Å²) in [6, 6.07) is 5.07. The number of carbonyl (C=O) groups is 1. The number of halogens is 1. The average Bonchev–Trinajstić information content (AvgIpc) is 2.40. The third-order valence-electron chi connectivity index (χ3n) is 3.49. The van der Waals surface area contributed by atoms with E-state index in [0.29, 0.717) is 28.1 Å². The lowest BCUT2D eigenvalue weighted by molar-refractivity contribution is 0.0742. The molecule has 0 aliphatic heterocycles. The number of rotatable bonds is 7. The molecule has 0 aromatic heterocycles. The fourth-order valence-electron chi connectivity index (χ4n) is 2.03. The van der Waals surface area contributed by atoms with Crippen molar-refractivity contribution >= 4 is 23.2 Å². The van der Waals surface area contributed by atoms with Crippen LogP contribution in [0.15, 0.2) is 18.2 Å². The second kappa shape index (κ2) is 8.28. The highest BCUT2D eigenvalue weighted by Crippen LogP contribution is 2.20. The Morgan fingerprint density at radius 2 is 1.67 bits per heavy atom. The Bertz CT molecular complexity index is 460. The second-order valence-corrected chi connectivity index (χ2v) is 6.83. The van der Waals surface area contributed by atoms with Gasteiger partial charge in [0.2, 0.25) is 0 Å². The van der Waals surface area contributed by atoms with Gasteiger partial charge in [-0.25, -0.2) is 0 Å². The first-order valence-corrected chi connectivity index (χ1v) is 8.03. The summed E-state index contributed by atoms with van der Waals surface area (Å²) in [6.07, 6.45) is 1.98. The first-order valence-electron chi connectivity index (χ1n) is 7.65. The van der Waals surface area contributed by atoms with Gasteiger partial charge in [-0.2, -0.15) is 0 Å². The summed E-state index contributed by atoms with van der Waals surface area (Å²) in [5.74, 6) is 1.11. The van der Waals surface area contributed by atoms with Crippen LogP contribution in [0.4, 0.5) is 5.69 Å². The van der Waals surface area contributed by atoms with Gasteiger partial charge in [0, 0.05) is 23.8 Å². The molecule has 21 heavy (non-hydrogen) atoms. The van der Waals surface area contributed by atoms with Gasteiger partial charge in [-0.15, -0.1) is 0 Å². The first-order chi connectivity index (χ1) is 9.81.